The lowest BCUT2D eigenvalue weighted by Crippen LogP contribution is -2.53. The Hall–Kier alpha value is -3.92. The van der Waals surface area contributed by atoms with Gasteiger partial charge in [0.15, 0.2) is 0 Å². The van der Waals surface area contributed by atoms with Crippen molar-refractivity contribution in [3.63, 3.8) is 0 Å². The van der Waals surface area contributed by atoms with Crippen LogP contribution in [0.4, 0.5) is 5.69 Å². The van der Waals surface area contributed by atoms with Gasteiger partial charge in [0.1, 0.15) is 17.0 Å². The topological polar surface area (TPSA) is 130 Å². The number of hydrogen-bond acceptors (Lipinski definition) is 8. The van der Waals surface area contributed by atoms with Gasteiger partial charge in [0.2, 0.25) is 0 Å². The summed E-state index contributed by atoms with van der Waals surface area (Å²) in [5.74, 6) is 1.12. The highest BCUT2D eigenvalue weighted by Gasteiger charge is 2.54. The lowest BCUT2D eigenvalue weighted by Gasteiger charge is -2.47. The fraction of sp³-hybridized carbons (Fsp3) is 0.478. The number of pyridine rings is 1. The number of rotatable bonds is 17. The van der Waals surface area contributed by atoms with Gasteiger partial charge in [-0.2, -0.15) is 0 Å². The quantitative estimate of drug-likeness (QED) is 0.0885. The first-order valence-electron chi connectivity index (χ1n) is 20.8. The highest BCUT2D eigenvalue weighted by Crippen LogP contribution is 2.57. The van der Waals surface area contributed by atoms with Gasteiger partial charge in [-0.3, -0.25) is 14.4 Å². The number of aromatic nitrogens is 1. The molecule has 0 amide bonds. The first-order chi connectivity index (χ1) is 27.8. The van der Waals surface area contributed by atoms with E-state index in [1.54, 1.807) is 18.2 Å². The number of hydrogen-bond donors (Lipinski definition) is 3. The molecule has 0 bridgehead atoms. The van der Waals surface area contributed by atoms with E-state index in [4.69, 9.17) is 25.4 Å². The van der Waals surface area contributed by atoms with Gasteiger partial charge in [-0.25, -0.2) is 9.36 Å². The minimum absolute atomic E-state index is 0.0358. The van der Waals surface area contributed by atoms with Crippen molar-refractivity contribution >= 4 is 31.1 Å². The molecule has 3 aromatic carbocycles. The second-order valence-electron chi connectivity index (χ2n) is 16.9. The van der Waals surface area contributed by atoms with E-state index >= 15 is 0 Å². The van der Waals surface area contributed by atoms with Crippen LogP contribution < -0.4 is 14.6 Å². The van der Waals surface area contributed by atoms with Crippen molar-refractivity contribution in [3.8, 4) is 11.5 Å². The number of benzene rings is 3. The molecular weight excluding hydrogens is 773 g/mol. The normalized spacial score (nSPS) is 24.1. The van der Waals surface area contributed by atoms with Crippen LogP contribution >= 0.6 is 19.4 Å². The number of likely N-dealkylation sites (N-methyl/N-ethyl adjacent to an activating group) is 1. The standard InChI is InChI=1S/C46H57ClN3O7P/c1-32(31-55-42-17-23-48-41-14-7-9-33(2)43(41)42)27-36-28-35-15-16-39(57-58(53,54)56-26-25-50(3)24-18-34-10-5-4-6-11-34)30-40(35)45(36)19-21-46(22-20-45,44(51)52)49-38-13-8-12-37(47)29-38/h4-6,8,10-13,15-17,23,29-30,32-33,36,49H,7,9,14,18-22,24-28,31H2,1-3H3,(H,51,52)(H,53,54)/t32-,33-,36+,45?,46?/m1/s1. The fourth-order valence-electron chi connectivity index (χ4n) is 9.68. The molecular formula is C46H57ClN3O7P. The molecule has 4 atom stereocenters. The van der Waals surface area contributed by atoms with Crippen molar-refractivity contribution in [1.29, 1.82) is 0 Å². The van der Waals surface area contributed by atoms with Gasteiger partial charge in [0.05, 0.1) is 13.2 Å². The van der Waals surface area contributed by atoms with E-state index in [0.29, 0.717) is 55.5 Å². The third-order valence-corrected chi connectivity index (χ3v) is 14.0. The number of aliphatic carboxylic acids is 1. The van der Waals surface area contributed by atoms with E-state index < -0.39 is 19.3 Å². The highest BCUT2D eigenvalue weighted by molar-refractivity contribution is 7.47. The van der Waals surface area contributed by atoms with E-state index in [1.807, 2.05) is 61.8 Å². The second kappa shape index (κ2) is 18.1. The van der Waals surface area contributed by atoms with E-state index in [-0.39, 0.29) is 29.6 Å². The lowest BCUT2D eigenvalue weighted by molar-refractivity contribution is -0.144. The summed E-state index contributed by atoms with van der Waals surface area (Å²) < 4.78 is 31.0. The summed E-state index contributed by atoms with van der Waals surface area (Å²) >= 11 is 6.29. The molecule has 0 saturated heterocycles. The Morgan fingerprint density at radius 2 is 1.84 bits per heavy atom. The van der Waals surface area contributed by atoms with Crippen LogP contribution in [0.1, 0.15) is 92.7 Å². The third-order valence-electron chi connectivity index (χ3n) is 12.8. The molecule has 4 aromatic rings. The van der Waals surface area contributed by atoms with Crippen LogP contribution in [0.25, 0.3) is 0 Å². The maximum Gasteiger partial charge on any atom is 0.527 e. The lowest BCUT2D eigenvalue weighted by atomic mass is 9.59. The molecule has 0 radical (unpaired) electrons. The zero-order valence-electron chi connectivity index (χ0n) is 33.9. The van der Waals surface area contributed by atoms with Gasteiger partial charge in [0.25, 0.3) is 0 Å². The molecule has 1 spiro atoms. The zero-order chi connectivity index (χ0) is 40.9. The summed E-state index contributed by atoms with van der Waals surface area (Å²) in [5.41, 5.74) is 4.95. The second-order valence-corrected chi connectivity index (χ2v) is 18.8. The fourth-order valence-corrected chi connectivity index (χ4v) is 10.6. The smallest absolute Gasteiger partial charge is 0.493 e. The average Bonchev–Trinajstić information content (AvgIpc) is 3.48. The Morgan fingerprint density at radius 1 is 1.05 bits per heavy atom. The number of aryl methyl sites for hydroxylation is 1. The number of phosphoric ester groups is 1. The third kappa shape index (κ3) is 9.75. The molecule has 1 aromatic heterocycles. The molecule has 310 valence electrons. The SMILES string of the molecule is C[C@@H](COc1ccnc2c1[C@H](C)CCC2)C[C@H]1Cc2ccc(OP(=O)(O)OCCN(C)CCc3ccccc3)cc2C12CCC(Nc1cccc(Cl)c1)(C(=O)O)CC2. The molecule has 3 aliphatic carbocycles. The highest BCUT2D eigenvalue weighted by atomic mass is 35.5. The summed E-state index contributed by atoms with van der Waals surface area (Å²) in [6.07, 6.45) is 9.66. The monoisotopic (exact) mass is 829 g/mol. The summed E-state index contributed by atoms with van der Waals surface area (Å²) in [4.78, 5) is 30.6. The van der Waals surface area contributed by atoms with Crippen molar-refractivity contribution in [2.45, 2.75) is 94.9 Å². The Morgan fingerprint density at radius 3 is 2.60 bits per heavy atom. The van der Waals surface area contributed by atoms with Crippen LogP contribution in [0.5, 0.6) is 11.5 Å². The van der Waals surface area contributed by atoms with Gasteiger partial charge in [-0.15, -0.1) is 0 Å². The summed E-state index contributed by atoms with van der Waals surface area (Å²) in [7, 11) is -2.48. The van der Waals surface area contributed by atoms with Crippen LogP contribution in [0.3, 0.4) is 0 Å². The molecule has 7 rings (SSSR count). The summed E-state index contributed by atoms with van der Waals surface area (Å²) in [6.45, 7) is 6.33. The molecule has 3 aliphatic rings. The van der Waals surface area contributed by atoms with Gasteiger partial charge in [-0.1, -0.05) is 67.9 Å². The van der Waals surface area contributed by atoms with Crippen molar-refractivity contribution in [2.24, 2.45) is 11.8 Å². The number of nitrogens with zero attached hydrogens (tertiary/aromatic N) is 2. The van der Waals surface area contributed by atoms with Gasteiger partial charge in [-0.05, 0) is 148 Å². The van der Waals surface area contributed by atoms with E-state index in [2.05, 4.69) is 41.2 Å². The zero-order valence-corrected chi connectivity index (χ0v) is 35.5. The summed E-state index contributed by atoms with van der Waals surface area (Å²) in [6, 6.07) is 25.0. The van der Waals surface area contributed by atoms with Gasteiger partial charge in [0, 0.05) is 41.3 Å². The largest absolute Gasteiger partial charge is 0.527 e. The predicted octanol–water partition coefficient (Wildman–Crippen LogP) is 9.87. The number of phosphoric acid groups is 1. The number of ether oxygens (including phenoxy) is 1. The number of halogens is 1. The van der Waals surface area contributed by atoms with Crippen molar-refractivity contribution < 1.29 is 33.1 Å². The molecule has 1 saturated carbocycles. The average molecular weight is 830 g/mol. The number of carboxylic acid groups (broad SMARTS) is 1. The maximum absolute atomic E-state index is 13.3. The molecule has 1 heterocycles. The minimum Gasteiger partial charge on any atom is -0.493 e. The first kappa shape index (κ1) is 42.2. The summed E-state index contributed by atoms with van der Waals surface area (Å²) in [5, 5.41) is 14.6. The molecule has 3 N–H and O–H groups in total. The van der Waals surface area contributed by atoms with Crippen LogP contribution in [0, 0.1) is 11.8 Å². The number of fused-ring (bicyclic) bond motifs is 3. The Balaban J connectivity index is 1.07. The Kier molecular flexibility index (Phi) is 13.2. The molecule has 1 fully saturated rings. The van der Waals surface area contributed by atoms with Crippen LogP contribution in [0.2, 0.25) is 5.02 Å². The van der Waals surface area contributed by atoms with Crippen molar-refractivity contribution in [1.82, 2.24) is 9.88 Å². The number of carbonyl (C=O) groups is 1. The van der Waals surface area contributed by atoms with Crippen LogP contribution in [-0.4, -0.2) is 64.7 Å². The van der Waals surface area contributed by atoms with Crippen LogP contribution in [-0.2, 0) is 38.6 Å². The Bertz CT molecular complexity index is 2090. The van der Waals surface area contributed by atoms with Crippen molar-refractivity contribution in [3.05, 3.63) is 118 Å². The predicted molar refractivity (Wildman–Crippen MR) is 228 cm³/mol. The number of carboxylic acids is 1. The number of anilines is 1. The maximum atomic E-state index is 13.3. The minimum atomic E-state index is -4.44. The van der Waals surface area contributed by atoms with Gasteiger partial charge < -0.3 is 24.6 Å². The first-order valence-corrected chi connectivity index (χ1v) is 22.6. The van der Waals surface area contributed by atoms with Gasteiger partial charge >= 0.3 is 13.8 Å². The Labute approximate surface area is 347 Å². The van der Waals surface area contributed by atoms with E-state index in [1.165, 1.54) is 11.1 Å². The molecule has 0 aliphatic heterocycles. The van der Waals surface area contributed by atoms with E-state index in [9.17, 15) is 19.4 Å². The van der Waals surface area contributed by atoms with Crippen LogP contribution in [0.15, 0.2) is 85.1 Å². The number of nitrogens with one attached hydrogen (secondary N) is 1. The molecule has 58 heavy (non-hydrogen) atoms. The van der Waals surface area contributed by atoms with E-state index in [0.717, 1.165) is 67.6 Å². The molecule has 12 heteroatoms. The van der Waals surface area contributed by atoms with Crippen molar-refractivity contribution in [2.75, 3.05) is 38.7 Å². The molecule has 1 unspecified atom stereocenters. The molecule has 10 nitrogen and oxygen atoms in total.